The number of nitrogens with one attached hydrogen (secondary N) is 1. The molecular formula is C11H13ClN2O2. The second-order valence-electron chi connectivity index (χ2n) is 3.54. The van der Waals surface area contributed by atoms with E-state index in [0.29, 0.717) is 12.4 Å². The monoisotopic (exact) mass is 240 g/mol. The van der Waals surface area contributed by atoms with E-state index < -0.39 is 0 Å². The van der Waals surface area contributed by atoms with Crippen LogP contribution in [0.15, 0.2) is 18.2 Å². The summed E-state index contributed by atoms with van der Waals surface area (Å²) < 4.78 is 5.32. The van der Waals surface area contributed by atoms with Gasteiger partial charge < -0.3 is 15.0 Å². The smallest absolute Gasteiger partial charge is 0.264 e. The van der Waals surface area contributed by atoms with Crippen molar-refractivity contribution in [3.8, 4) is 5.75 Å². The van der Waals surface area contributed by atoms with Crippen molar-refractivity contribution in [2.45, 2.75) is 0 Å². The van der Waals surface area contributed by atoms with Crippen LogP contribution >= 0.6 is 11.6 Å². The lowest BCUT2D eigenvalue weighted by molar-refractivity contribution is -0.120. The van der Waals surface area contributed by atoms with Gasteiger partial charge in [-0.25, -0.2) is 0 Å². The molecule has 0 spiro atoms. The van der Waals surface area contributed by atoms with E-state index in [-0.39, 0.29) is 12.5 Å². The van der Waals surface area contributed by atoms with Gasteiger partial charge in [0.25, 0.3) is 5.91 Å². The van der Waals surface area contributed by atoms with Crippen LogP contribution in [-0.4, -0.2) is 32.0 Å². The Morgan fingerprint density at radius 3 is 3.12 bits per heavy atom. The van der Waals surface area contributed by atoms with Crippen molar-refractivity contribution >= 4 is 28.9 Å². The zero-order valence-electron chi connectivity index (χ0n) is 9.00. The van der Waals surface area contributed by atoms with E-state index in [4.69, 9.17) is 16.3 Å². The van der Waals surface area contributed by atoms with Crippen LogP contribution in [-0.2, 0) is 4.79 Å². The molecule has 0 aromatic heterocycles. The van der Waals surface area contributed by atoms with Crippen LogP contribution in [0.3, 0.4) is 0 Å². The number of hydrogen-bond acceptors (Lipinski definition) is 3. The van der Waals surface area contributed by atoms with E-state index in [9.17, 15) is 4.79 Å². The van der Waals surface area contributed by atoms with Crippen molar-refractivity contribution in [3.05, 3.63) is 18.2 Å². The van der Waals surface area contributed by atoms with Crippen molar-refractivity contribution in [2.24, 2.45) is 0 Å². The van der Waals surface area contributed by atoms with Crippen LogP contribution in [0, 0.1) is 0 Å². The van der Waals surface area contributed by atoms with Crippen molar-refractivity contribution in [2.75, 3.05) is 36.3 Å². The molecule has 0 unspecified atom stereocenters. The molecule has 0 atom stereocenters. The topological polar surface area (TPSA) is 41.6 Å². The Balaban J connectivity index is 2.25. The van der Waals surface area contributed by atoms with Gasteiger partial charge in [0.05, 0.1) is 5.69 Å². The molecule has 4 nitrogen and oxygen atoms in total. The minimum absolute atomic E-state index is 0.0398. The van der Waals surface area contributed by atoms with Crippen LogP contribution in [0.1, 0.15) is 0 Å². The minimum atomic E-state index is -0.0398. The molecule has 0 fully saturated rings. The number of nitrogens with zero attached hydrogens (tertiary/aromatic N) is 1. The number of alkyl halides is 1. The number of hydrogen-bond donors (Lipinski definition) is 1. The highest BCUT2D eigenvalue weighted by Gasteiger charge is 2.22. The van der Waals surface area contributed by atoms with Gasteiger partial charge in [-0.15, -0.1) is 11.6 Å². The highest BCUT2D eigenvalue weighted by Crippen LogP contribution is 2.33. The maximum atomic E-state index is 11.4. The lowest BCUT2D eigenvalue weighted by atomic mass is 10.2. The number of ether oxygens (including phenoxy) is 1. The first-order valence-electron chi connectivity index (χ1n) is 5.05. The SMILES string of the molecule is CN1C(=O)COc2ccc(NCCCl)cc21. The predicted molar refractivity (Wildman–Crippen MR) is 64.6 cm³/mol. The minimum Gasteiger partial charge on any atom is -0.482 e. The predicted octanol–water partition coefficient (Wildman–Crippen LogP) is 1.69. The van der Waals surface area contributed by atoms with E-state index >= 15 is 0 Å². The fraction of sp³-hybridized carbons (Fsp3) is 0.364. The Morgan fingerprint density at radius 2 is 2.38 bits per heavy atom. The molecule has 16 heavy (non-hydrogen) atoms. The van der Waals surface area contributed by atoms with Gasteiger partial charge in [0, 0.05) is 25.2 Å². The summed E-state index contributed by atoms with van der Waals surface area (Å²) >= 11 is 5.59. The zero-order chi connectivity index (χ0) is 11.5. The average molecular weight is 241 g/mol. The molecule has 0 saturated heterocycles. The molecule has 0 radical (unpaired) electrons. The Labute approximate surface area is 99.1 Å². The van der Waals surface area contributed by atoms with Crippen LogP contribution < -0.4 is 15.0 Å². The molecule has 1 heterocycles. The molecule has 1 aliphatic rings. The first-order valence-corrected chi connectivity index (χ1v) is 5.59. The number of halogens is 1. The lowest BCUT2D eigenvalue weighted by Gasteiger charge is -2.26. The Morgan fingerprint density at radius 1 is 1.56 bits per heavy atom. The van der Waals surface area contributed by atoms with Gasteiger partial charge in [0.2, 0.25) is 0 Å². The number of carbonyl (C=O) groups is 1. The highest BCUT2D eigenvalue weighted by atomic mass is 35.5. The number of anilines is 2. The number of rotatable bonds is 3. The van der Waals surface area contributed by atoms with E-state index in [2.05, 4.69) is 5.32 Å². The maximum absolute atomic E-state index is 11.4. The molecule has 1 amide bonds. The Bertz CT molecular complexity index is 409. The number of amides is 1. The van der Waals surface area contributed by atoms with Crippen LogP contribution in [0.5, 0.6) is 5.75 Å². The molecule has 2 rings (SSSR count). The first kappa shape index (κ1) is 11.1. The highest BCUT2D eigenvalue weighted by molar-refractivity contribution is 6.18. The van der Waals surface area contributed by atoms with Gasteiger partial charge in [-0.1, -0.05) is 0 Å². The summed E-state index contributed by atoms with van der Waals surface area (Å²) in [6, 6.07) is 5.66. The summed E-state index contributed by atoms with van der Waals surface area (Å²) in [5.74, 6) is 1.24. The molecule has 1 aromatic carbocycles. The van der Waals surface area contributed by atoms with Crippen molar-refractivity contribution in [1.29, 1.82) is 0 Å². The number of fused-ring (bicyclic) bond motifs is 1. The summed E-state index contributed by atoms with van der Waals surface area (Å²) in [5, 5.41) is 3.15. The number of likely N-dealkylation sites (N-methyl/N-ethyl adjacent to an activating group) is 1. The van der Waals surface area contributed by atoms with Gasteiger partial charge in [0.15, 0.2) is 6.61 Å². The van der Waals surface area contributed by atoms with Gasteiger partial charge >= 0.3 is 0 Å². The van der Waals surface area contributed by atoms with Gasteiger partial charge in [-0.05, 0) is 18.2 Å². The molecular weight excluding hydrogens is 228 g/mol. The molecule has 1 aromatic rings. The number of carbonyl (C=O) groups excluding carboxylic acids is 1. The molecule has 1 aliphatic heterocycles. The number of benzene rings is 1. The fourth-order valence-corrected chi connectivity index (χ4v) is 1.67. The molecule has 5 heteroatoms. The average Bonchev–Trinajstić information content (AvgIpc) is 2.31. The van der Waals surface area contributed by atoms with Crippen molar-refractivity contribution in [1.82, 2.24) is 0 Å². The second-order valence-corrected chi connectivity index (χ2v) is 3.92. The quantitative estimate of drug-likeness (QED) is 0.818. The summed E-state index contributed by atoms with van der Waals surface area (Å²) in [4.78, 5) is 13.0. The molecule has 86 valence electrons. The Kier molecular flexibility index (Phi) is 3.19. The zero-order valence-corrected chi connectivity index (χ0v) is 9.75. The molecule has 1 N–H and O–H groups in total. The van der Waals surface area contributed by atoms with Crippen LogP contribution in [0.2, 0.25) is 0 Å². The van der Waals surface area contributed by atoms with Gasteiger partial charge in [-0.3, -0.25) is 4.79 Å². The summed E-state index contributed by atoms with van der Waals surface area (Å²) in [7, 11) is 1.75. The first-order chi connectivity index (χ1) is 7.72. The lowest BCUT2D eigenvalue weighted by Crippen LogP contribution is -2.35. The second kappa shape index (κ2) is 4.61. The third-order valence-electron chi connectivity index (χ3n) is 2.47. The van der Waals surface area contributed by atoms with Crippen molar-refractivity contribution in [3.63, 3.8) is 0 Å². The van der Waals surface area contributed by atoms with E-state index in [1.165, 1.54) is 0 Å². The van der Waals surface area contributed by atoms with E-state index in [0.717, 1.165) is 17.1 Å². The maximum Gasteiger partial charge on any atom is 0.264 e. The molecule has 0 bridgehead atoms. The van der Waals surface area contributed by atoms with Crippen molar-refractivity contribution < 1.29 is 9.53 Å². The molecule has 0 aliphatic carbocycles. The largest absolute Gasteiger partial charge is 0.482 e. The molecule has 0 saturated carbocycles. The van der Waals surface area contributed by atoms with Crippen LogP contribution in [0.4, 0.5) is 11.4 Å². The third kappa shape index (κ3) is 2.07. The van der Waals surface area contributed by atoms with Gasteiger partial charge in [-0.2, -0.15) is 0 Å². The van der Waals surface area contributed by atoms with E-state index in [1.807, 2.05) is 18.2 Å². The summed E-state index contributed by atoms with van der Waals surface area (Å²) in [5.41, 5.74) is 1.72. The Hall–Kier alpha value is -1.42. The fourth-order valence-electron chi connectivity index (χ4n) is 1.57. The van der Waals surface area contributed by atoms with Crippen LogP contribution in [0.25, 0.3) is 0 Å². The normalized spacial score (nSPS) is 14.4. The summed E-state index contributed by atoms with van der Waals surface area (Å²) in [6.07, 6.45) is 0. The summed E-state index contributed by atoms with van der Waals surface area (Å²) in [6.45, 7) is 0.802. The third-order valence-corrected chi connectivity index (χ3v) is 2.66. The van der Waals surface area contributed by atoms with E-state index in [1.54, 1.807) is 11.9 Å². The van der Waals surface area contributed by atoms with Gasteiger partial charge in [0.1, 0.15) is 5.75 Å². The standard InChI is InChI=1S/C11H13ClN2O2/c1-14-9-6-8(13-5-4-12)2-3-10(9)16-7-11(14)15/h2-3,6,13H,4-5,7H2,1H3.